The Labute approximate surface area is 62.6 Å². The highest BCUT2D eigenvalue weighted by atomic mass is 15.2. The third kappa shape index (κ3) is 0.956. The average Bonchev–Trinajstić information content (AvgIpc) is 2.69. The quantitative estimate of drug-likeness (QED) is 0.525. The van der Waals surface area contributed by atoms with Crippen LogP contribution in [-0.4, -0.2) is 37.1 Å². The minimum Gasteiger partial charge on any atom is -0.315 e. The summed E-state index contributed by atoms with van der Waals surface area (Å²) in [5.74, 6) is 0. The van der Waals surface area contributed by atoms with E-state index in [4.69, 9.17) is 0 Å². The van der Waals surface area contributed by atoms with Crippen molar-refractivity contribution in [1.29, 1.82) is 0 Å². The van der Waals surface area contributed by atoms with Crippen LogP contribution in [0, 0.1) is 0 Å². The Kier molecular flexibility index (Phi) is 1.46. The fraction of sp³-hybridized carbons (Fsp3) is 1.00. The van der Waals surface area contributed by atoms with E-state index in [1.54, 1.807) is 0 Å². The summed E-state index contributed by atoms with van der Waals surface area (Å²) in [4.78, 5) is 2.53. The zero-order chi connectivity index (χ0) is 7.03. The van der Waals surface area contributed by atoms with Gasteiger partial charge in [-0.25, -0.2) is 0 Å². The maximum absolute atomic E-state index is 3.43. The number of rotatable bonds is 0. The molecule has 2 nitrogen and oxygen atoms in total. The van der Waals surface area contributed by atoms with E-state index in [0.717, 1.165) is 0 Å². The van der Waals surface area contributed by atoms with Crippen molar-refractivity contribution in [2.45, 2.75) is 24.8 Å². The Morgan fingerprint density at radius 2 is 2.00 bits per heavy atom. The molecule has 2 rings (SSSR count). The van der Waals surface area contributed by atoms with E-state index in [1.807, 2.05) is 0 Å². The summed E-state index contributed by atoms with van der Waals surface area (Å²) in [7, 11) is 2.26. The van der Waals surface area contributed by atoms with Gasteiger partial charge in [-0.05, 0) is 32.9 Å². The summed E-state index contributed by atoms with van der Waals surface area (Å²) in [6, 6.07) is 0. The summed E-state index contributed by atoms with van der Waals surface area (Å²) in [5, 5.41) is 3.43. The van der Waals surface area contributed by atoms with Crippen molar-refractivity contribution in [2.75, 3.05) is 26.7 Å². The normalized spacial score (nSPS) is 32.1. The molecule has 1 aliphatic carbocycles. The molecule has 0 aromatic heterocycles. The largest absolute Gasteiger partial charge is 0.315 e. The third-order valence-electron chi connectivity index (χ3n) is 3.03. The van der Waals surface area contributed by atoms with E-state index >= 15 is 0 Å². The molecule has 0 unspecified atom stereocenters. The molecule has 58 valence electrons. The fourth-order valence-electron chi connectivity index (χ4n) is 1.90. The standard InChI is InChI=1S/C8H16N2/c1-10-7-6-9-5-4-8(10)2-3-8/h9H,2-7H2,1H3. The van der Waals surface area contributed by atoms with Crippen LogP contribution in [0.15, 0.2) is 0 Å². The van der Waals surface area contributed by atoms with E-state index in [2.05, 4.69) is 17.3 Å². The molecule has 0 aromatic rings. The number of nitrogens with zero attached hydrogens (tertiary/aromatic N) is 1. The average molecular weight is 140 g/mol. The summed E-state index contributed by atoms with van der Waals surface area (Å²) < 4.78 is 0. The van der Waals surface area contributed by atoms with E-state index in [1.165, 1.54) is 38.9 Å². The Bertz CT molecular complexity index is 129. The van der Waals surface area contributed by atoms with Crippen molar-refractivity contribution in [1.82, 2.24) is 10.2 Å². The first-order valence-corrected chi connectivity index (χ1v) is 4.25. The number of likely N-dealkylation sites (N-methyl/N-ethyl adjacent to an activating group) is 1. The van der Waals surface area contributed by atoms with Crippen molar-refractivity contribution in [2.24, 2.45) is 0 Å². The minimum atomic E-state index is 0.642. The van der Waals surface area contributed by atoms with Crippen molar-refractivity contribution in [3.63, 3.8) is 0 Å². The molecule has 0 radical (unpaired) electrons. The first kappa shape index (κ1) is 6.62. The summed E-state index contributed by atoms with van der Waals surface area (Å²) in [6.07, 6.45) is 4.24. The molecular formula is C8H16N2. The highest BCUT2D eigenvalue weighted by Crippen LogP contribution is 2.43. The van der Waals surface area contributed by atoms with E-state index in [0.29, 0.717) is 5.54 Å². The second-order valence-electron chi connectivity index (χ2n) is 3.65. The van der Waals surface area contributed by atoms with Crippen LogP contribution in [0.3, 0.4) is 0 Å². The lowest BCUT2D eigenvalue weighted by atomic mass is 10.1. The molecule has 2 aliphatic rings. The van der Waals surface area contributed by atoms with Gasteiger partial charge in [0.25, 0.3) is 0 Å². The lowest BCUT2D eigenvalue weighted by Gasteiger charge is -2.24. The minimum absolute atomic E-state index is 0.642. The van der Waals surface area contributed by atoms with Crippen LogP contribution in [-0.2, 0) is 0 Å². The van der Waals surface area contributed by atoms with E-state index in [-0.39, 0.29) is 0 Å². The van der Waals surface area contributed by atoms with Crippen LogP contribution in [0.25, 0.3) is 0 Å². The Balaban J connectivity index is 2.02. The molecule has 1 aliphatic heterocycles. The molecule has 2 fully saturated rings. The molecule has 2 heteroatoms. The van der Waals surface area contributed by atoms with Crippen molar-refractivity contribution in [3.05, 3.63) is 0 Å². The maximum atomic E-state index is 3.43. The second-order valence-corrected chi connectivity index (χ2v) is 3.65. The monoisotopic (exact) mass is 140 g/mol. The van der Waals surface area contributed by atoms with Gasteiger partial charge in [0.2, 0.25) is 0 Å². The van der Waals surface area contributed by atoms with Gasteiger partial charge in [0.05, 0.1) is 0 Å². The van der Waals surface area contributed by atoms with Gasteiger partial charge in [0.1, 0.15) is 0 Å². The Hall–Kier alpha value is -0.0800. The molecular weight excluding hydrogens is 124 g/mol. The molecule has 1 heterocycles. The third-order valence-corrected chi connectivity index (χ3v) is 3.03. The van der Waals surface area contributed by atoms with Gasteiger partial charge in [0, 0.05) is 18.6 Å². The van der Waals surface area contributed by atoms with Gasteiger partial charge >= 0.3 is 0 Å². The van der Waals surface area contributed by atoms with Gasteiger partial charge < -0.3 is 5.32 Å². The van der Waals surface area contributed by atoms with Crippen LogP contribution >= 0.6 is 0 Å². The summed E-state index contributed by atoms with van der Waals surface area (Å²) in [6.45, 7) is 3.64. The zero-order valence-corrected chi connectivity index (χ0v) is 6.69. The van der Waals surface area contributed by atoms with Gasteiger partial charge in [-0.1, -0.05) is 0 Å². The van der Waals surface area contributed by atoms with Gasteiger partial charge in [-0.15, -0.1) is 0 Å². The number of hydrogen-bond donors (Lipinski definition) is 1. The topological polar surface area (TPSA) is 15.3 Å². The van der Waals surface area contributed by atoms with Crippen molar-refractivity contribution >= 4 is 0 Å². The van der Waals surface area contributed by atoms with Gasteiger partial charge in [0.15, 0.2) is 0 Å². The van der Waals surface area contributed by atoms with Crippen molar-refractivity contribution in [3.8, 4) is 0 Å². The molecule has 0 amide bonds. The van der Waals surface area contributed by atoms with E-state index in [9.17, 15) is 0 Å². The number of hydrogen-bond acceptors (Lipinski definition) is 2. The first-order valence-electron chi connectivity index (χ1n) is 4.25. The van der Waals surface area contributed by atoms with Gasteiger partial charge in [-0.3, -0.25) is 4.90 Å². The molecule has 1 spiro atoms. The predicted molar refractivity (Wildman–Crippen MR) is 42.1 cm³/mol. The lowest BCUT2D eigenvalue weighted by Crippen LogP contribution is -2.34. The van der Waals surface area contributed by atoms with Crippen LogP contribution < -0.4 is 5.32 Å². The molecule has 1 saturated carbocycles. The Morgan fingerprint density at radius 3 is 2.70 bits per heavy atom. The second kappa shape index (κ2) is 2.21. The van der Waals surface area contributed by atoms with Crippen LogP contribution in [0.4, 0.5) is 0 Å². The highest BCUT2D eigenvalue weighted by Gasteiger charge is 2.45. The SMILES string of the molecule is CN1CCNCCC12CC2. The first-order chi connectivity index (χ1) is 4.83. The lowest BCUT2D eigenvalue weighted by molar-refractivity contribution is 0.233. The Morgan fingerprint density at radius 1 is 1.20 bits per heavy atom. The molecule has 0 aromatic carbocycles. The summed E-state index contributed by atoms with van der Waals surface area (Å²) in [5.41, 5.74) is 0.642. The van der Waals surface area contributed by atoms with Crippen LogP contribution in [0.2, 0.25) is 0 Å². The number of nitrogens with one attached hydrogen (secondary N) is 1. The molecule has 1 N–H and O–H groups in total. The molecule has 0 bridgehead atoms. The smallest absolute Gasteiger partial charge is 0.0220 e. The summed E-state index contributed by atoms with van der Waals surface area (Å²) >= 11 is 0. The van der Waals surface area contributed by atoms with Crippen LogP contribution in [0.1, 0.15) is 19.3 Å². The van der Waals surface area contributed by atoms with Crippen LogP contribution in [0.5, 0.6) is 0 Å². The van der Waals surface area contributed by atoms with Gasteiger partial charge in [-0.2, -0.15) is 0 Å². The highest BCUT2D eigenvalue weighted by molar-refractivity contribution is 5.03. The maximum Gasteiger partial charge on any atom is 0.0220 e. The zero-order valence-electron chi connectivity index (χ0n) is 6.69. The predicted octanol–water partition coefficient (Wildman–Crippen LogP) is 0.444. The molecule has 10 heavy (non-hydrogen) atoms. The molecule has 1 saturated heterocycles. The fourth-order valence-corrected chi connectivity index (χ4v) is 1.90. The van der Waals surface area contributed by atoms with Crippen molar-refractivity contribution < 1.29 is 0 Å². The molecule has 0 atom stereocenters. The van der Waals surface area contributed by atoms with E-state index < -0.39 is 0 Å².